The van der Waals surface area contributed by atoms with Gasteiger partial charge in [0.25, 0.3) is 5.91 Å². The lowest BCUT2D eigenvalue weighted by Gasteiger charge is -2.14. The third-order valence-electron chi connectivity index (χ3n) is 5.66. The van der Waals surface area contributed by atoms with Crippen molar-refractivity contribution in [1.82, 2.24) is 9.47 Å². The average molecular weight is 361 g/mol. The van der Waals surface area contributed by atoms with Crippen molar-refractivity contribution < 1.29 is 4.79 Å². The number of aromatic nitrogens is 1. The molecule has 0 unspecified atom stereocenters. The van der Waals surface area contributed by atoms with Crippen molar-refractivity contribution in [3.63, 3.8) is 0 Å². The summed E-state index contributed by atoms with van der Waals surface area (Å²) >= 11 is 0. The third kappa shape index (κ3) is 3.14. The second-order valence-corrected chi connectivity index (χ2v) is 7.78. The van der Waals surface area contributed by atoms with E-state index in [0.29, 0.717) is 5.70 Å². The molecule has 0 bridgehead atoms. The first-order valence-electron chi connectivity index (χ1n) is 9.83. The highest BCUT2D eigenvalue weighted by molar-refractivity contribution is 6.14. The molecule has 4 nitrogen and oxygen atoms in total. The summed E-state index contributed by atoms with van der Waals surface area (Å²) in [7, 11) is 0. The minimum Gasteiger partial charge on any atom is -0.318 e. The van der Waals surface area contributed by atoms with Gasteiger partial charge in [-0.05, 0) is 69.9 Å². The Morgan fingerprint density at radius 2 is 1.85 bits per heavy atom. The molecule has 0 aliphatic carbocycles. The van der Waals surface area contributed by atoms with Crippen molar-refractivity contribution in [3.05, 3.63) is 58.0 Å². The lowest BCUT2D eigenvalue weighted by molar-refractivity contribution is -0.122. The van der Waals surface area contributed by atoms with E-state index in [1.54, 1.807) is 0 Å². The molecule has 1 amide bonds. The molecule has 2 aromatic rings. The topological polar surface area (TPSA) is 37.6 Å². The number of nitrogens with zero attached hydrogens (tertiary/aromatic N) is 3. The molecular formula is C23H27N3O. The van der Waals surface area contributed by atoms with Gasteiger partial charge in [-0.1, -0.05) is 24.1 Å². The van der Waals surface area contributed by atoms with E-state index in [4.69, 9.17) is 0 Å². The summed E-state index contributed by atoms with van der Waals surface area (Å²) in [6, 6.07) is 8.68. The molecule has 0 spiro atoms. The number of rotatable bonds is 2. The van der Waals surface area contributed by atoms with Gasteiger partial charge in [0.1, 0.15) is 11.5 Å². The molecule has 1 saturated heterocycles. The lowest BCUT2D eigenvalue weighted by Crippen LogP contribution is -2.31. The number of carbonyl (C=O) groups excluding carboxylic acids is 1. The Balaban J connectivity index is 1.74. The molecule has 140 valence electrons. The molecule has 1 aromatic carbocycles. The van der Waals surface area contributed by atoms with Gasteiger partial charge in [0, 0.05) is 30.0 Å². The van der Waals surface area contributed by atoms with Crippen molar-refractivity contribution in [1.29, 1.82) is 0 Å². The number of hydrogen-bond donors (Lipinski definition) is 0. The zero-order valence-electron chi connectivity index (χ0n) is 16.7. The Morgan fingerprint density at radius 1 is 1.04 bits per heavy atom. The van der Waals surface area contributed by atoms with Crippen molar-refractivity contribution in [3.8, 4) is 5.69 Å². The molecule has 3 heterocycles. The van der Waals surface area contributed by atoms with Crippen LogP contribution in [0, 0.1) is 27.7 Å². The summed E-state index contributed by atoms with van der Waals surface area (Å²) in [5.41, 5.74) is 7.66. The van der Waals surface area contributed by atoms with Crippen LogP contribution in [-0.4, -0.2) is 27.8 Å². The zero-order chi connectivity index (χ0) is 19.1. The summed E-state index contributed by atoms with van der Waals surface area (Å²) in [6.07, 6.45) is 6.24. The summed E-state index contributed by atoms with van der Waals surface area (Å²) in [4.78, 5) is 19.3. The maximum atomic E-state index is 12.8. The molecule has 27 heavy (non-hydrogen) atoms. The van der Waals surface area contributed by atoms with Crippen LogP contribution in [0.2, 0.25) is 0 Å². The fraction of sp³-hybridized carbons (Fsp3) is 0.391. The van der Waals surface area contributed by atoms with Gasteiger partial charge in [-0.2, -0.15) is 0 Å². The quantitative estimate of drug-likeness (QED) is 0.704. The fourth-order valence-electron chi connectivity index (χ4n) is 4.26. The Hall–Kier alpha value is -2.62. The van der Waals surface area contributed by atoms with Gasteiger partial charge in [-0.3, -0.25) is 9.69 Å². The molecule has 2 aliphatic heterocycles. The SMILES string of the molecule is Cc1ccc(-n2c(C)cc(C=C3N=C4CCCCCN4C3=O)c2C)c(C)c1. The minimum absolute atomic E-state index is 0.0585. The first-order valence-corrected chi connectivity index (χ1v) is 9.83. The predicted molar refractivity (Wildman–Crippen MR) is 110 cm³/mol. The van der Waals surface area contributed by atoms with Crippen LogP contribution in [0.5, 0.6) is 0 Å². The van der Waals surface area contributed by atoms with Crippen LogP contribution < -0.4 is 0 Å². The highest BCUT2D eigenvalue weighted by atomic mass is 16.2. The first kappa shape index (κ1) is 17.8. The number of amidine groups is 1. The lowest BCUT2D eigenvalue weighted by atomic mass is 10.1. The Bertz CT molecular complexity index is 978. The zero-order valence-corrected chi connectivity index (χ0v) is 16.7. The standard InChI is InChI=1S/C23H27N3O/c1-15-9-10-21(16(2)12-15)26-17(3)13-19(18(26)4)14-20-23(27)25-11-7-5-6-8-22(25)24-20/h9-10,12-14H,5-8,11H2,1-4H3. The van der Waals surface area contributed by atoms with E-state index in [0.717, 1.165) is 42.9 Å². The second-order valence-electron chi connectivity index (χ2n) is 7.78. The highest BCUT2D eigenvalue weighted by Gasteiger charge is 2.30. The predicted octanol–water partition coefficient (Wildman–Crippen LogP) is 4.87. The van der Waals surface area contributed by atoms with E-state index in [2.05, 4.69) is 61.5 Å². The minimum atomic E-state index is 0.0585. The van der Waals surface area contributed by atoms with Crippen LogP contribution in [0.4, 0.5) is 0 Å². The normalized spacial score (nSPS) is 18.7. The summed E-state index contributed by atoms with van der Waals surface area (Å²) in [6.45, 7) is 9.29. The molecule has 0 saturated carbocycles. The van der Waals surface area contributed by atoms with Crippen LogP contribution in [0.15, 0.2) is 35.0 Å². The number of carbonyl (C=O) groups is 1. The smallest absolute Gasteiger partial charge is 0.277 e. The number of aryl methyl sites for hydroxylation is 3. The van der Waals surface area contributed by atoms with E-state index in [1.807, 2.05) is 11.0 Å². The molecular weight excluding hydrogens is 334 g/mol. The van der Waals surface area contributed by atoms with Crippen molar-refractivity contribution in [2.45, 2.75) is 53.4 Å². The largest absolute Gasteiger partial charge is 0.318 e. The van der Waals surface area contributed by atoms with Crippen LogP contribution >= 0.6 is 0 Å². The monoisotopic (exact) mass is 361 g/mol. The number of fused-ring (bicyclic) bond motifs is 1. The molecule has 0 radical (unpaired) electrons. The van der Waals surface area contributed by atoms with Crippen LogP contribution in [-0.2, 0) is 4.79 Å². The van der Waals surface area contributed by atoms with Gasteiger partial charge < -0.3 is 4.57 Å². The van der Waals surface area contributed by atoms with Gasteiger partial charge in [-0.25, -0.2) is 4.99 Å². The molecule has 2 aliphatic rings. The summed E-state index contributed by atoms with van der Waals surface area (Å²) in [5, 5.41) is 0. The van der Waals surface area contributed by atoms with Gasteiger partial charge >= 0.3 is 0 Å². The van der Waals surface area contributed by atoms with Gasteiger partial charge in [-0.15, -0.1) is 0 Å². The average Bonchev–Trinajstić information content (AvgIpc) is 2.95. The van der Waals surface area contributed by atoms with Gasteiger partial charge in [0.05, 0.1) is 0 Å². The van der Waals surface area contributed by atoms with Crippen molar-refractivity contribution in [2.75, 3.05) is 6.54 Å². The Labute approximate surface area is 161 Å². The third-order valence-corrected chi connectivity index (χ3v) is 5.66. The second kappa shape index (κ2) is 6.84. The first-order chi connectivity index (χ1) is 13.0. The maximum Gasteiger partial charge on any atom is 0.277 e. The van der Waals surface area contributed by atoms with E-state index in [-0.39, 0.29) is 5.91 Å². The molecule has 1 aromatic heterocycles. The van der Waals surface area contributed by atoms with E-state index in [1.165, 1.54) is 28.9 Å². The van der Waals surface area contributed by atoms with E-state index in [9.17, 15) is 4.79 Å². The summed E-state index contributed by atoms with van der Waals surface area (Å²) in [5.74, 6) is 1.01. The summed E-state index contributed by atoms with van der Waals surface area (Å²) < 4.78 is 2.27. The van der Waals surface area contributed by atoms with Crippen molar-refractivity contribution in [2.24, 2.45) is 4.99 Å². The highest BCUT2D eigenvalue weighted by Crippen LogP contribution is 2.28. The molecule has 0 N–H and O–H groups in total. The number of benzene rings is 1. The molecule has 1 fully saturated rings. The van der Waals surface area contributed by atoms with Gasteiger partial charge in [0.2, 0.25) is 0 Å². The number of hydrogen-bond acceptors (Lipinski definition) is 2. The van der Waals surface area contributed by atoms with Crippen molar-refractivity contribution >= 4 is 17.8 Å². The number of amides is 1. The molecule has 4 rings (SSSR count). The molecule has 0 atom stereocenters. The molecule has 4 heteroatoms. The fourth-order valence-corrected chi connectivity index (χ4v) is 4.26. The maximum absolute atomic E-state index is 12.8. The van der Waals surface area contributed by atoms with E-state index >= 15 is 0 Å². The van der Waals surface area contributed by atoms with Crippen LogP contribution in [0.3, 0.4) is 0 Å². The van der Waals surface area contributed by atoms with Gasteiger partial charge in [0.15, 0.2) is 0 Å². The number of aliphatic imine (C=N–C) groups is 1. The Morgan fingerprint density at radius 3 is 2.63 bits per heavy atom. The van der Waals surface area contributed by atoms with E-state index < -0.39 is 0 Å². The Kier molecular flexibility index (Phi) is 4.50. The van der Waals surface area contributed by atoms with Crippen LogP contribution in [0.1, 0.15) is 53.8 Å². The van der Waals surface area contributed by atoms with Crippen LogP contribution in [0.25, 0.3) is 11.8 Å².